The zero-order valence-corrected chi connectivity index (χ0v) is 10.8. The third-order valence-corrected chi connectivity index (χ3v) is 3.91. The lowest BCUT2D eigenvalue weighted by Crippen LogP contribution is -2.56. The second kappa shape index (κ2) is 5.04. The van der Waals surface area contributed by atoms with E-state index < -0.39 is 17.6 Å². The van der Waals surface area contributed by atoms with Crippen molar-refractivity contribution in [3.8, 4) is 0 Å². The van der Waals surface area contributed by atoms with Gasteiger partial charge in [0.25, 0.3) is 0 Å². The van der Waals surface area contributed by atoms with Crippen LogP contribution in [-0.2, 0) is 9.59 Å². The number of aliphatic carboxylic acids is 1. The summed E-state index contributed by atoms with van der Waals surface area (Å²) in [6.45, 7) is 5.98. The van der Waals surface area contributed by atoms with Crippen molar-refractivity contribution in [2.75, 3.05) is 6.54 Å². The number of nitrogens with two attached hydrogens (primary N) is 1. The number of nitrogens with zero attached hydrogens (tertiary/aromatic N) is 1. The Balaban J connectivity index is 2.85. The molecule has 3 N–H and O–H groups in total. The molecule has 1 saturated heterocycles. The molecule has 1 aliphatic heterocycles. The first-order chi connectivity index (χ1) is 7.84. The van der Waals surface area contributed by atoms with Crippen LogP contribution >= 0.6 is 0 Å². The predicted octanol–water partition coefficient (Wildman–Crippen LogP) is 0.825. The van der Waals surface area contributed by atoms with Crippen LogP contribution in [0, 0.1) is 5.92 Å². The molecule has 17 heavy (non-hydrogen) atoms. The van der Waals surface area contributed by atoms with Gasteiger partial charge in [-0.3, -0.25) is 4.79 Å². The fourth-order valence-corrected chi connectivity index (χ4v) is 2.22. The van der Waals surface area contributed by atoms with E-state index in [-0.39, 0.29) is 11.8 Å². The highest BCUT2D eigenvalue weighted by atomic mass is 16.4. The van der Waals surface area contributed by atoms with E-state index in [2.05, 4.69) is 0 Å². The van der Waals surface area contributed by atoms with Gasteiger partial charge in [-0.2, -0.15) is 0 Å². The van der Waals surface area contributed by atoms with E-state index in [1.807, 2.05) is 13.8 Å². The van der Waals surface area contributed by atoms with Gasteiger partial charge >= 0.3 is 5.97 Å². The van der Waals surface area contributed by atoms with Gasteiger partial charge in [0.05, 0.1) is 6.04 Å². The monoisotopic (exact) mass is 242 g/mol. The van der Waals surface area contributed by atoms with Crippen LogP contribution in [0.1, 0.15) is 40.0 Å². The number of carboxylic acids is 1. The maximum absolute atomic E-state index is 12.2. The molecule has 0 aliphatic carbocycles. The second-order valence-electron chi connectivity index (χ2n) is 5.08. The second-order valence-corrected chi connectivity index (χ2v) is 5.08. The van der Waals surface area contributed by atoms with Crippen LogP contribution in [0.3, 0.4) is 0 Å². The minimum absolute atomic E-state index is 0.0705. The molecule has 0 saturated carbocycles. The van der Waals surface area contributed by atoms with Crippen LogP contribution in [0.15, 0.2) is 0 Å². The van der Waals surface area contributed by atoms with Crippen molar-refractivity contribution in [2.24, 2.45) is 11.7 Å². The first kappa shape index (κ1) is 14.0. The quantitative estimate of drug-likeness (QED) is 0.764. The lowest BCUT2D eigenvalue weighted by Gasteiger charge is -2.34. The molecule has 5 nitrogen and oxygen atoms in total. The first-order valence-electron chi connectivity index (χ1n) is 6.15. The number of likely N-dealkylation sites (tertiary alicyclic amines) is 1. The summed E-state index contributed by atoms with van der Waals surface area (Å²) in [6.07, 6.45) is 2.04. The molecule has 5 heteroatoms. The molecule has 0 bridgehead atoms. The van der Waals surface area contributed by atoms with Crippen LogP contribution in [-0.4, -0.2) is 40.0 Å². The van der Waals surface area contributed by atoms with Gasteiger partial charge in [-0.15, -0.1) is 0 Å². The molecule has 0 radical (unpaired) electrons. The molecule has 98 valence electrons. The zero-order chi connectivity index (χ0) is 13.2. The molecule has 1 fully saturated rings. The van der Waals surface area contributed by atoms with Gasteiger partial charge in [-0.25, -0.2) is 4.79 Å². The van der Waals surface area contributed by atoms with Gasteiger partial charge in [0.2, 0.25) is 5.91 Å². The standard InChI is InChI=1S/C12H22N2O3/c1-4-8(2)9(13)10(15)14-7-5-6-12(14,3)11(16)17/h8-9H,4-7,13H2,1-3H3,(H,16,17)/t8-,9-,12?/m0/s1. The molecule has 0 aromatic rings. The van der Waals surface area contributed by atoms with Gasteiger partial charge in [0, 0.05) is 6.54 Å². The van der Waals surface area contributed by atoms with E-state index in [1.165, 1.54) is 4.90 Å². The van der Waals surface area contributed by atoms with Crippen molar-refractivity contribution >= 4 is 11.9 Å². The minimum Gasteiger partial charge on any atom is -0.480 e. The number of carbonyl (C=O) groups excluding carboxylic acids is 1. The average molecular weight is 242 g/mol. The van der Waals surface area contributed by atoms with Crippen LogP contribution < -0.4 is 5.73 Å². The minimum atomic E-state index is -1.08. The number of rotatable bonds is 4. The van der Waals surface area contributed by atoms with Crippen molar-refractivity contribution in [2.45, 2.75) is 51.6 Å². The van der Waals surface area contributed by atoms with Crippen LogP contribution in [0.4, 0.5) is 0 Å². The van der Waals surface area contributed by atoms with E-state index in [9.17, 15) is 14.7 Å². The molecule has 3 atom stereocenters. The van der Waals surface area contributed by atoms with Gasteiger partial charge in [0.15, 0.2) is 0 Å². The molecule has 1 aliphatic rings. The molecule has 0 aromatic carbocycles. The fourth-order valence-electron chi connectivity index (χ4n) is 2.22. The topological polar surface area (TPSA) is 83.6 Å². The molecule has 0 spiro atoms. The average Bonchev–Trinajstić information content (AvgIpc) is 2.69. The van der Waals surface area contributed by atoms with Crippen molar-refractivity contribution < 1.29 is 14.7 Å². The summed E-state index contributed by atoms with van der Waals surface area (Å²) in [4.78, 5) is 24.9. The van der Waals surface area contributed by atoms with E-state index in [1.54, 1.807) is 6.92 Å². The van der Waals surface area contributed by atoms with Crippen molar-refractivity contribution in [3.63, 3.8) is 0 Å². The fraction of sp³-hybridized carbons (Fsp3) is 0.833. The summed E-state index contributed by atoms with van der Waals surface area (Å²) < 4.78 is 0. The Morgan fingerprint density at radius 1 is 1.53 bits per heavy atom. The molecular weight excluding hydrogens is 220 g/mol. The summed E-state index contributed by atoms with van der Waals surface area (Å²) in [5.74, 6) is -1.11. The van der Waals surface area contributed by atoms with Crippen molar-refractivity contribution in [1.82, 2.24) is 4.90 Å². The Hall–Kier alpha value is -1.10. The maximum Gasteiger partial charge on any atom is 0.329 e. The number of carboxylic acid groups (broad SMARTS) is 1. The molecule has 1 amide bonds. The Morgan fingerprint density at radius 3 is 2.59 bits per heavy atom. The molecule has 0 aromatic heterocycles. The van der Waals surface area contributed by atoms with E-state index in [4.69, 9.17) is 5.73 Å². The smallest absolute Gasteiger partial charge is 0.329 e. The molecule has 1 rings (SSSR count). The Labute approximate surface area is 102 Å². The molecule has 1 heterocycles. The van der Waals surface area contributed by atoms with Gasteiger partial charge in [-0.1, -0.05) is 20.3 Å². The SMILES string of the molecule is CC[C@H](C)[C@H](N)C(=O)N1CCCC1(C)C(=O)O. The summed E-state index contributed by atoms with van der Waals surface area (Å²) in [6, 6.07) is -0.600. The Kier molecular flexibility index (Phi) is 4.14. The van der Waals surface area contributed by atoms with Gasteiger partial charge in [0.1, 0.15) is 5.54 Å². The van der Waals surface area contributed by atoms with Gasteiger partial charge in [-0.05, 0) is 25.7 Å². The zero-order valence-electron chi connectivity index (χ0n) is 10.8. The molecule has 1 unspecified atom stereocenters. The van der Waals surface area contributed by atoms with Crippen molar-refractivity contribution in [1.29, 1.82) is 0 Å². The maximum atomic E-state index is 12.2. The van der Waals surface area contributed by atoms with Gasteiger partial charge < -0.3 is 15.7 Å². The molecular formula is C12H22N2O3. The van der Waals surface area contributed by atoms with E-state index in [0.29, 0.717) is 13.0 Å². The number of carbonyl (C=O) groups is 2. The summed E-state index contributed by atoms with van der Waals surface area (Å²) >= 11 is 0. The highest BCUT2D eigenvalue weighted by Gasteiger charge is 2.47. The predicted molar refractivity (Wildman–Crippen MR) is 64.4 cm³/mol. The summed E-state index contributed by atoms with van der Waals surface area (Å²) in [5.41, 5.74) is 4.81. The van der Waals surface area contributed by atoms with Crippen molar-refractivity contribution in [3.05, 3.63) is 0 Å². The Bertz CT molecular complexity index is 319. The lowest BCUT2D eigenvalue weighted by molar-refractivity contribution is -0.156. The first-order valence-corrected chi connectivity index (χ1v) is 6.15. The lowest BCUT2D eigenvalue weighted by atomic mass is 9.95. The number of amides is 1. The van der Waals surface area contributed by atoms with Crippen LogP contribution in [0.5, 0.6) is 0 Å². The highest BCUT2D eigenvalue weighted by molar-refractivity contribution is 5.90. The summed E-state index contributed by atoms with van der Waals surface area (Å²) in [5, 5.41) is 9.23. The third kappa shape index (κ3) is 2.44. The number of hydrogen-bond acceptors (Lipinski definition) is 3. The van der Waals surface area contributed by atoms with Crippen LogP contribution in [0.2, 0.25) is 0 Å². The van der Waals surface area contributed by atoms with Crippen LogP contribution in [0.25, 0.3) is 0 Å². The highest BCUT2D eigenvalue weighted by Crippen LogP contribution is 2.30. The largest absolute Gasteiger partial charge is 0.480 e. The Morgan fingerprint density at radius 2 is 2.12 bits per heavy atom. The normalized spacial score (nSPS) is 27.9. The summed E-state index contributed by atoms with van der Waals surface area (Å²) in [7, 11) is 0. The van der Waals surface area contributed by atoms with E-state index in [0.717, 1.165) is 12.8 Å². The third-order valence-electron chi connectivity index (χ3n) is 3.91. The van der Waals surface area contributed by atoms with E-state index >= 15 is 0 Å². The number of hydrogen-bond donors (Lipinski definition) is 2.